The average molecular weight is 779 g/mol. The Labute approximate surface area is 353 Å². The molecule has 0 N–H and O–H groups in total. The first-order chi connectivity index (χ1) is 30.2. The Bertz CT molecular complexity index is 3490. The van der Waals surface area contributed by atoms with Crippen molar-refractivity contribution in [2.45, 2.75) is 0 Å². The van der Waals surface area contributed by atoms with Gasteiger partial charge < -0.3 is 13.9 Å². The van der Waals surface area contributed by atoms with E-state index in [1.165, 1.54) is 49.3 Å². The van der Waals surface area contributed by atoms with Crippen LogP contribution in [-0.4, -0.2) is 4.57 Å². The van der Waals surface area contributed by atoms with Crippen LogP contribution in [-0.2, 0) is 0 Å². The lowest BCUT2D eigenvalue weighted by Gasteiger charge is -2.26. The maximum absolute atomic E-state index is 6.80. The SMILES string of the molecule is c1ccc(-c2ccc(-c3ccc(N(c4ccc(-c5ccc(-n6c7ccccc7c7ccccc76)cc5)cc4)c4cccc5c4oc4ccc6ccccc6c45)cc3)cc2)cc1. The molecule has 0 fully saturated rings. The molecule has 2 aromatic heterocycles. The van der Waals surface area contributed by atoms with Gasteiger partial charge in [0, 0.05) is 38.6 Å². The standard InChI is InChI=1S/C58H38N2O/c1-2-11-39(12-3-1)40-21-23-41(24-22-40)42-25-32-46(33-26-42)59(55-20-10-17-52-57-49-14-5-4-13-45(49)31-38-56(57)61-58(52)55)47-34-27-43(28-35-47)44-29-36-48(37-30-44)60-53-18-8-6-15-50(53)51-16-7-9-19-54(51)60/h1-38H. The van der Waals surface area contributed by atoms with E-state index < -0.39 is 0 Å². The van der Waals surface area contributed by atoms with Gasteiger partial charge in [0.1, 0.15) is 5.58 Å². The van der Waals surface area contributed by atoms with Gasteiger partial charge in [0.2, 0.25) is 0 Å². The summed E-state index contributed by atoms with van der Waals surface area (Å²) >= 11 is 0. The lowest BCUT2D eigenvalue weighted by atomic mass is 10.00. The molecule has 0 aliphatic rings. The van der Waals surface area contributed by atoms with Crippen molar-refractivity contribution in [2.75, 3.05) is 4.90 Å². The first kappa shape index (κ1) is 34.9. The van der Waals surface area contributed by atoms with Gasteiger partial charge in [-0.1, -0.05) is 170 Å². The number of nitrogens with zero attached hydrogens (tertiary/aromatic N) is 2. The van der Waals surface area contributed by atoms with Gasteiger partial charge in [0.05, 0.1) is 16.7 Å². The molecule has 0 atom stereocenters. The van der Waals surface area contributed by atoms with E-state index >= 15 is 0 Å². The predicted molar refractivity (Wildman–Crippen MR) is 257 cm³/mol. The number of rotatable bonds is 7. The minimum Gasteiger partial charge on any atom is -0.454 e. The molecule has 61 heavy (non-hydrogen) atoms. The maximum Gasteiger partial charge on any atom is 0.159 e. The Morgan fingerprint density at radius 2 is 0.787 bits per heavy atom. The Hall–Kier alpha value is -8.14. The molecule has 3 heteroatoms. The van der Waals surface area contributed by atoms with Gasteiger partial charge in [0.15, 0.2) is 5.58 Å². The number of anilines is 3. The molecule has 0 unspecified atom stereocenters. The van der Waals surface area contributed by atoms with Gasteiger partial charge >= 0.3 is 0 Å². The average Bonchev–Trinajstić information content (AvgIpc) is 3.90. The molecule has 0 saturated carbocycles. The van der Waals surface area contributed by atoms with Crippen LogP contribution in [0.4, 0.5) is 17.1 Å². The Morgan fingerprint density at radius 3 is 1.38 bits per heavy atom. The van der Waals surface area contributed by atoms with E-state index in [0.29, 0.717) is 0 Å². The third-order valence-corrected chi connectivity index (χ3v) is 12.2. The molecule has 10 aromatic carbocycles. The normalized spacial score (nSPS) is 11.6. The van der Waals surface area contributed by atoms with Crippen molar-refractivity contribution in [1.82, 2.24) is 4.57 Å². The van der Waals surface area contributed by atoms with Crippen molar-refractivity contribution < 1.29 is 4.42 Å². The van der Waals surface area contributed by atoms with E-state index in [4.69, 9.17) is 4.42 Å². The summed E-state index contributed by atoms with van der Waals surface area (Å²) in [6.45, 7) is 0. The molecule has 2 heterocycles. The van der Waals surface area contributed by atoms with Crippen molar-refractivity contribution in [1.29, 1.82) is 0 Å². The summed E-state index contributed by atoms with van der Waals surface area (Å²) in [4.78, 5) is 2.32. The van der Waals surface area contributed by atoms with E-state index in [1.807, 2.05) is 0 Å². The van der Waals surface area contributed by atoms with Crippen molar-refractivity contribution in [3.05, 3.63) is 231 Å². The lowest BCUT2D eigenvalue weighted by Crippen LogP contribution is -2.10. The third kappa shape index (κ3) is 5.90. The maximum atomic E-state index is 6.80. The fraction of sp³-hybridized carbons (Fsp3) is 0. The fourth-order valence-corrected chi connectivity index (χ4v) is 9.25. The highest BCUT2D eigenvalue weighted by atomic mass is 16.3. The first-order valence-electron chi connectivity index (χ1n) is 20.8. The van der Waals surface area contributed by atoms with Crippen LogP contribution in [0.2, 0.25) is 0 Å². The summed E-state index contributed by atoms with van der Waals surface area (Å²) < 4.78 is 9.16. The summed E-state index contributed by atoms with van der Waals surface area (Å²) in [5, 5.41) is 7.17. The molecule has 3 nitrogen and oxygen atoms in total. The zero-order valence-electron chi connectivity index (χ0n) is 33.2. The van der Waals surface area contributed by atoms with E-state index in [0.717, 1.165) is 61.4 Å². The Kier molecular flexibility index (Phi) is 8.17. The predicted octanol–water partition coefficient (Wildman–Crippen LogP) is 16.3. The van der Waals surface area contributed by atoms with Crippen molar-refractivity contribution in [2.24, 2.45) is 0 Å². The molecule has 286 valence electrons. The Morgan fingerprint density at radius 1 is 0.328 bits per heavy atom. The zero-order valence-corrected chi connectivity index (χ0v) is 33.2. The molecule has 0 spiro atoms. The molecule has 0 bridgehead atoms. The summed E-state index contributed by atoms with van der Waals surface area (Å²) in [7, 11) is 0. The molecule has 0 aliphatic heterocycles. The highest BCUT2D eigenvalue weighted by Gasteiger charge is 2.21. The fourth-order valence-electron chi connectivity index (χ4n) is 9.25. The van der Waals surface area contributed by atoms with Crippen LogP contribution in [0.3, 0.4) is 0 Å². The molecule has 0 amide bonds. The van der Waals surface area contributed by atoms with Gasteiger partial charge in [-0.15, -0.1) is 0 Å². The number of benzene rings is 10. The van der Waals surface area contributed by atoms with E-state index in [9.17, 15) is 0 Å². The Balaban J connectivity index is 0.935. The minimum atomic E-state index is 0.860. The van der Waals surface area contributed by atoms with Crippen molar-refractivity contribution in [3.63, 3.8) is 0 Å². The van der Waals surface area contributed by atoms with Crippen molar-refractivity contribution in [3.8, 4) is 39.1 Å². The molecule has 0 aliphatic carbocycles. The topological polar surface area (TPSA) is 21.3 Å². The number of fused-ring (bicyclic) bond motifs is 8. The minimum absolute atomic E-state index is 0.860. The quantitative estimate of drug-likeness (QED) is 0.161. The largest absolute Gasteiger partial charge is 0.454 e. The van der Waals surface area contributed by atoms with E-state index in [2.05, 4.69) is 240 Å². The van der Waals surface area contributed by atoms with E-state index in [-0.39, 0.29) is 0 Å². The number of aromatic nitrogens is 1. The second-order valence-electron chi connectivity index (χ2n) is 15.7. The second-order valence-corrected chi connectivity index (χ2v) is 15.7. The highest BCUT2D eigenvalue weighted by molar-refractivity contribution is 6.21. The lowest BCUT2D eigenvalue weighted by molar-refractivity contribution is 0.669. The monoisotopic (exact) mass is 778 g/mol. The van der Waals surface area contributed by atoms with E-state index in [1.54, 1.807) is 0 Å². The summed E-state index contributed by atoms with van der Waals surface area (Å²) in [6.07, 6.45) is 0. The summed E-state index contributed by atoms with van der Waals surface area (Å²) in [6, 6.07) is 82.7. The van der Waals surface area contributed by atoms with Gasteiger partial charge in [-0.3, -0.25) is 0 Å². The second kappa shape index (κ2) is 14.3. The van der Waals surface area contributed by atoms with Crippen LogP contribution < -0.4 is 4.90 Å². The van der Waals surface area contributed by atoms with Crippen LogP contribution in [0.1, 0.15) is 0 Å². The number of hydrogen-bond donors (Lipinski definition) is 0. The third-order valence-electron chi connectivity index (χ3n) is 12.2. The summed E-state index contributed by atoms with van der Waals surface area (Å²) in [5.41, 5.74) is 15.5. The highest BCUT2D eigenvalue weighted by Crippen LogP contribution is 2.44. The zero-order chi connectivity index (χ0) is 40.3. The van der Waals surface area contributed by atoms with Gasteiger partial charge in [-0.25, -0.2) is 0 Å². The smallest absolute Gasteiger partial charge is 0.159 e. The molecule has 12 rings (SSSR count). The number of hydrogen-bond acceptors (Lipinski definition) is 2. The van der Waals surface area contributed by atoms with Crippen LogP contribution in [0.15, 0.2) is 235 Å². The first-order valence-corrected chi connectivity index (χ1v) is 20.8. The van der Waals surface area contributed by atoms with Crippen LogP contribution in [0.25, 0.3) is 93.6 Å². The molecule has 12 aromatic rings. The molecular weight excluding hydrogens is 741 g/mol. The van der Waals surface area contributed by atoms with Gasteiger partial charge in [-0.2, -0.15) is 0 Å². The van der Waals surface area contributed by atoms with Gasteiger partial charge in [-0.05, 0) is 105 Å². The van der Waals surface area contributed by atoms with Crippen LogP contribution >= 0.6 is 0 Å². The molecule has 0 saturated heterocycles. The van der Waals surface area contributed by atoms with Gasteiger partial charge in [0.25, 0.3) is 0 Å². The number of para-hydroxylation sites is 3. The number of furan rings is 1. The molecule has 0 radical (unpaired) electrons. The van der Waals surface area contributed by atoms with Crippen molar-refractivity contribution >= 4 is 71.6 Å². The van der Waals surface area contributed by atoms with Crippen LogP contribution in [0.5, 0.6) is 0 Å². The summed E-state index contributed by atoms with van der Waals surface area (Å²) in [5.74, 6) is 0. The van der Waals surface area contributed by atoms with Crippen LogP contribution in [0, 0.1) is 0 Å². The molecular formula is C58H38N2O.